The molecule has 0 aliphatic heterocycles. The van der Waals surface area contributed by atoms with E-state index in [0.29, 0.717) is 41.1 Å². The van der Waals surface area contributed by atoms with Crippen LogP contribution in [0.3, 0.4) is 0 Å². The minimum Gasteiger partial charge on any atom is -0.490 e. The van der Waals surface area contributed by atoms with Crippen molar-refractivity contribution in [2.45, 2.75) is 31.8 Å². The van der Waals surface area contributed by atoms with E-state index < -0.39 is 6.04 Å². The van der Waals surface area contributed by atoms with E-state index in [1.165, 1.54) is 5.56 Å². The molecule has 0 saturated carbocycles. The van der Waals surface area contributed by atoms with Crippen molar-refractivity contribution in [2.75, 3.05) is 25.0 Å². The highest BCUT2D eigenvalue weighted by Gasteiger charge is 2.29. The summed E-state index contributed by atoms with van der Waals surface area (Å²) >= 11 is 6.40. The highest BCUT2D eigenvalue weighted by molar-refractivity contribution is 6.32. The van der Waals surface area contributed by atoms with E-state index in [1.807, 2.05) is 77.7 Å². The second-order valence-corrected chi connectivity index (χ2v) is 10.9. The molecule has 1 amide bonds. The van der Waals surface area contributed by atoms with Crippen molar-refractivity contribution in [3.63, 3.8) is 0 Å². The van der Waals surface area contributed by atoms with Gasteiger partial charge in [-0.25, -0.2) is 4.68 Å². The lowest BCUT2D eigenvalue weighted by Crippen LogP contribution is -2.41. The number of amides is 1. The van der Waals surface area contributed by atoms with Gasteiger partial charge in [-0.1, -0.05) is 72.3 Å². The summed E-state index contributed by atoms with van der Waals surface area (Å²) in [6.45, 7) is 1.02. The molecule has 46 heavy (non-hydrogen) atoms. The van der Waals surface area contributed by atoms with Gasteiger partial charge in [0.25, 0.3) is 0 Å². The number of tetrazole rings is 1. The van der Waals surface area contributed by atoms with Crippen LogP contribution in [-0.4, -0.2) is 50.7 Å². The van der Waals surface area contributed by atoms with Crippen molar-refractivity contribution < 1.29 is 14.3 Å². The normalized spacial score (nSPS) is 11.5. The third-order valence-electron chi connectivity index (χ3n) is 7.18. The average Bonchev–Trinajstić information content (AvgIpc) is 3.54. The summed E-state index contributed by atoms with van der Waals surface area (Å²) in [4.78, 5) is 15.6. The summed E-state index contributed by atoms with van der Waals surface area (Å²) in [6.07, 6.45) is 1.82. The van der Waals surface area contributed by atoms with Gasteiger partial charge in [0.1, 0.15) is 29.9 Å². The van der Waals surface area contributed by atoms with Gasteiger partial charge in [-0.05, 0) is 83.9 Å². The molecule has 1 aromatic heterocycles. The van der Waals surface area contributed by atoms with Crippen molar-refractivity contribution in [3.05, 3.63) is 126 Å². The van der Waals surface area contributed by atoms with Crippen molar-refractivity contribution in [1.29, 1.82) is 5.26 Å². The number of anilines is 1. The highest BCUT2D eigenvalue weighted by atomic mass is 35.5. The monoisotopic (exact) mass is 635 g/mol. The fraction of sp³-hybridized carbons (Fsp3) is 0.229. The Balaban J connectivity index is 1.35. The number of carbonyl (C=O) groups excluding carboxylic acids is 1. The van der Waals surface area contributed by atoms with Crippen LogP contribution < -0.4 is 14.8 Å². The van der Waals surface area contributed by atoms with E-state index in [2.05, 4.69) is 39.0 Å². The van der Waals surface area contributed by atoms with Gasteiger partial charge in [-0.15, -0.1) is 5.10 Å². The number of aromatic nitrogens is 4. The molecule has 234 valence electrons. The van der Waals surface area contributed by atoms with Gasteiger partial charge >= 0.3 is 0 Å². The van der Waals surface area contributed by atoms with Crippen molar-refractivity contribution in [2.24, 2.45) is 0 Å². The van der Waals surface area contributed by atoms with E-state index >= 15 is 0 Å². The molecule has 10 nitrogen and oxygen atoms in total. The van der Waals surface area contributed by atoms with Gasteiger partial charge < -0.3 is 14.8 Å². The molecule has 0 spiro atoms. The molecule has 0 saturated heterocycles. The molecule has 11 heteroatoms. The first-order chi connectivity index (χ1) is 22.6. The Labute approximate surface area is 273 Å². The van der Waals surface area contributed by atoms with Crippen LogP contribution in [0.2, 0.25) is 5.02 Å². The number of ether oxygens (including phenoxy) is 2. The van der Waals surface area contributed by atoms with Crippen molar-refractivity contribution in [3.8, 4) is 23.3 Å². The second kappa shape index (κ2) is 16.7. The van der Waals surface area contributed by atoms with Crippen LogP contribution in [0.4, 0.5) is 5.69 Å². The molecule has 5 rings (SSSR count). The standard InChI is InChI=1S/C35H34ClN7O3/c36-31-16-7-8-17-33(31)45-26-32(35-39-40-41-43(35)24-10-22-37)42(23-9-13-27-11-3-1-4-12-27)25-34(44)38-28-18-20-30(21-19-28)46-29-14-5-2-6-15-29/h1-8,11-12,14-21,32H,9-10,13,23-26H2,(H,38,44). The van der Waals surface area contributed by atoms with Crippen molar-refractivity contribution in [1.82, 2.24) is 25.1 Å². The van der Waals surface area contributed by atoms with Gasteiger partial charge in [-0.3, -0.25) is 9.69 Å². The Bertz CT molecular complexity index is 1710. The van der Waals surface area contributed by atoms with Crippen LogP contribution in [0.15, 0.2) is 109 Å². The van der Waals surface area contributed by atoms with Crippen LogP contribution >= 0.6 is 11.6 Å². The molecule has 0 radical (unpaired) electrons. The summed E-state index contributed by atoms with van der Waals surface area (Å²) < 4.78 is 13.7. The van der Waals surface area contributed by atoms with E-state index in [4.69, 9.17) is 21.1 Å². The predicted molar refractivity (Wildman–Crippen MR) is 176 cm³/mol. The molecule has 0 aliphatic rings. The lowest BCUT2D eigenvalue weighted by atomic mass is 10.1. The van der Waals surface area contributed by atoms with Gasteiger partial charge in [-0.2, -0.15) is 5.26 Å². The number of halogens is 1. The Morgan fingerprint density at radius 3 is 2.37 bits per heavy atom. The third-order valence-corrected chi connectivity index (χ3v) is 7.50. The number of para-hydroxylation sites is 2. The number of aryl methyl sites for hydroxylation is 2. The van der Waals surface area contributed by atoms with Gasteiger partial charge in [0, 0.05) is 5.69 Å². The first-order valence-electron chi connectivity index (χ1n) is 15.0. The fourth-order valence-corrected chi connectivity index (χ4v) is 5.12. The van der Waals surface area contributed by atoms with Crippen LogP contribution in [-0.2, 0) is 17.8 Å². The maximum absolute atomic E-state index is 13.5. The molecule has 1 unspecified atom stereocenters. The highest BCUT2D eigenvalue weighted by Crippen LogP contribution is 2.27. The fourth-order valence-electron chi connectivity index (χ4n) is 4.93. The van der Waals surface area contributed by atoms with E-state index in [0.717, 1.165) is 18.6 Å². The largest absolute Gasteiger partial charge is 0.490 e. The molecule has 0 fully saturated rings. The third kappa shape index (κ3) is 9.38. The van der Waals surface area contributed by atoms with Crippen LogP contribution in [0.5, 0.6) is 17.2 Å². The molecular weight excluding hydrogens is 602 g/mol. The van der Waals surface area contributed by atoms with Gasteiger partial charge in [0.15, 0.2) is 5.82 Å². The summed E-state index contributed by atoms with van der Waals surface area (Å²) in [6, 6.07) is 35.7. The zero-order valence-electron chi connectivity index (χ0n) is 25.2. The Kier molecular flexibility index (Phi) is 11.7. The molecule has 4 aromatic carbocycles. The number of hydrogen-bond donors (Lipinski definition) is 1. The predicted octanol–water partition coefficient (Wildman–Crippen LogP) is 6.73. The molecule has 0 bridgehead atoms. The second-order valence-electron chi connectivity index (χ2n) is 10.5. The zero-order chi connectivity index (χ0) is 32.0. The first-order valence-corrected chi connectivity index (χ1v) is 15.4. The summed E-state index contributed by atoms with van der Waals surface area (Å²) in [5, 5.41) is 25.0. The lowest BCUT2D eigenvalue weighted by molar-refractivity contribution is -0.118. The van der Waals surface area contributed by atoms with Gasteiger partial charge in [0.2, 0.25) is 5.91 Å². The lowest BCUT2D eigenvalue weighted by Gasteiger charge is -2.30. The minimum atomic E-state index is -0.520. The Hall–Kier alpha value is -5.24. The Morgan fingerprint density at radius 2 is 1.63 bits per heavy atom. The number of carbonyl (C=O) groups is 1. The topological polar surface area (TPSA) is 118 Å². The smallest absolute Gasteiger partial charge is 0.238 e. The molecule has 1 heterocycles. The molecule has 1 N–H and O–H groups in total. The average molecular weight is 636 g/mol. The Morgan fingerprint density at radius 1 is 0.935 bits per heavy atom. The molecule has 1 atom stereocenters. The van der Waals surface area contributed by atoms with Crippen LogP contribution in [0.1, 0.15) is 30.3 Å². The quantitative estimate of drug-likeness (QED) is 0.127. The first kappa shape index (κ1) is 32.2. The maximum Gasteiger partial charge on any atom is 0.238 e. The maximum atomic E-state index is 13.5. The van der Waals surface area contributed by atoms with E-state index in [1.54, 1.807) is 28.9 Å². The minimum absolute atomic E-state index is 0.0404. The number of nitrogens with zero attached hydrogens (tertiary/aromatic N) is 6. The molecule has 0 aliphatic carbocycles. The number of nitrogens with one attached hydrogen (secondary N) is 1. The number of nitriles is 1. The van der Waals surface area contributed by atoms with E-state index in [9.17, 15) is 10.1 Å². The number of hydrogen-bond acceptors (Lipinski definition) is 8. The van der Waals surface area contributed by atoms with Crippen molar-refractivity contribution >= 4 is 23.2 Å². The SMILES string of the molecule is N#CCCn1nnnc1C(COc1ccccc1Cl)N(CCCc1ccccc1)CC(=O)Nc1ccc(Oc2ccccc2)cc1. The number of rotatable bonds is 16. The van der Waals surface area contributed by atoms with Gasteiger partial charge in [0.05, 0.1) is 30.6 Å². The molecular formula is C35H34ClN7O3. The number of benzene rings is 4. The van der Waals surface area contributed by atoms with Crippen LogP contribution in [0.25, 0.3) is 0 Å². The van der Waals surface area contributed by atoms with E-state index in [-0.39, 0.29) is 25.5 Å². The summed E-state index contributed by atoms with van der Waals surface area (Å²) in [7, 11) is 0. The summed E-state index contributed by atoms with van der Waals surface area (Å²) in [5.74, 6) is 2.18. The zero-order valence-corrected chi connectivity index (χ0v) is 26.0. The molecule has 5 aromatic rings. The van der Waals surface area contributed by atoms with Crippen LogP contribution in [0, 0.1) is 11.3 Å². The summed E-state index contributed by atoms with van der Waals surface area (Å²) in [5.41, 5.74) is 1.84.